The van der Waals surface area contributed by atoms with Gasteiger partial charge in [-0.15, -0.1) is 0 Å². The topological polar surface area (TPSA) is 122 Å². The molecule has 0 fully saturated rings. The molecule has 7 heteroatoms. The average Bonchev–Trinajstić information content (AvgIpc) is 2.44. The van der Waals surface area contributed by atoms with Gasteiger partial charge in [0.05, 0.1) is 0 Å². The summed E-state index contributed by atoms with van der Waals surface area (Å²) >= 11 is 0. The van der Waals surface area contributed by atoms with Crippen LogP contribution >= 0.6 is 0 Å². The number of nitrogen functional groups attached to an aromatic ring is 1. The summed E-state index contributed by atoms with van der Waals surface area (Å²) in [5.74, 6) is -2.36. The Hall–Kier alpha value is -2.57. The molecule has 2 atom stereocenters. The van der Waals surface area contributed by atoms with Crippen molar-refractivity contribution in [3.05, 3.63) is 29.8 Å². The fourth-order valence-corrected chi connectivity index (χ4v) is 1.77. The lowest BCUT2D eigenvalue weighted by Crippen LogP contribution is -2.52. The highest BCUT2D eigenvalue weighted by Gasteiger charge is 2.26. The maximum Gasteiger partial charge on any atom is 0.326 e. The maximum atomic E-state index is 12.0. The molecule has 0 aliphatic carbocycles. The molecule has 0 saturated heterocycles. The lowest BCUT2D eigenvalue weighted by atomic mass is 10.0. The molecular weight excluding hydrogens is 286 g/mol. The number of rotatable bonds is 6. The Labute approximate surface area is 128 Å². The van der Waals surface area contributed by atoms with Crippen molar-refractivity contribution in [2.75, 3.05) is 5.73 Å². The summed E-state index contributed by atoms with van der Waals surface area (Å²) in [5, 5.41) is 14.0. The van der Waals surface area contributed by atoms with Crippen molar-refractivity contribution < 1.29 is 19.5 Å². The number of hydrogen-bond donors (Lipinski definition) is 4. The molecule has 22 heavy (non-hydrogen) atoms. The summed E-state index contributed by atoms with van der Waals surface area (Å²) in [7, 11) is 0. The standard InChI is InChI=1S/C15H21N3O4/c1-8(2)12(15(21)22)18-13(19)9(3)17-14(20)10-4-6-11(16)7-5-10/h4-9,12H,16H2,1-3H3,(H,17,20)(H,18,19)(H,21,22)/t9-,12-/m0/s1. The number of benzene rings is 1. The van der Waals surface area contributed by atoms with E-state index < -0.39 is 29.9 Å². The van der Waals surface area contributed by atoms with Crippen LogP contribution in [0.2, 0.25) is 0 Å². The highest BCUT2D eigenvalue weighted by Crippen LogP contribution is 2.06. The fraction of sp³-hybridized carbons (Fsp3) is 0.400. The van der Waals surface area contributed by atoms with Gasteiger partial charge >= 0.3 is 5.97 Å². The van der Waals surface area contributed by atoms with Crippen molar-refractivity contribution in [1.82, 2.24) is 10.6 Å². The van der Waals surface area contributed by atoms with E-state index in [4.69, 9.17) is 10.8 Å². The molecular formula is C15H21N3O4. The van der Waals surface area contributed by atoms with Crippen LogP contribution in [-0.2, 0) is 9.59 Å². The Balaban J connectivity index is 2.65. The van der Waals surface area contributed by atoms with Crippen LogP contribution in [-0.4, -0.2) is 35.0 Å². The van der Waals surface area contributed by atoms with E-state index in [9.17, 15) is 14.4 Å². The number of nitrogens with one attached hydrogen (secondary N) is 2. The number of anilines is 1. The predicted molar refractivity (Wildman–Crippen MR) is 82.2 cm³/mol. The number of carbonyl (C=O) groups is 3. The van der Waals surface area contributed by atoms with E-state index in [0.717, 1.165) is 0 Å². The van der Waals surface area contributed by atoms with Crippen LogP contribution < -0.4 is 16.4 Å². The van der Waals surface area contributed by atoms with E-state index >= 15 is 0 Å². The first kappa shape index (κ1) is 17.5. The first-order valence-electron chi connectivity index (χ1n) is 6.92. The summed E-state index contributed by atoms with van der Waals surface area (Å²) < 4.78 is 0. The van der Waals surface area contributed by atoms with Crippen molar-refractivity contribution in [2.45, 2.75) is 32.9 Å². The molecule has 5 N–H and O–H groups in total. The lowest BCUT2D eigenvalue weighted by Gasteiger charge is -2.21. The molecule has 1 aromatic rings. The van der Waals surface area contributed by atoms with Gasteiger partial charge in [-0.05, 0) is 37.1 Å². The molecule has 0 bridgehead atoms. The summed E-state index contributed by atoms with van der Waals surface area (Å²) in [4.78, 5) is 35.0. The van der Waals surface area contributed by atoms with E-state index in [0.29, 0.717) is 11.3 Å². The Morgan fingerprint density at radius 2 is 1.59 bits per heavy atom. The third-order valence-corrected chi connectivity index (χ3v) is 3.14. The van der Waals surface area contributed by atoms with Gasteiger partial charge in [0.25, 0.3) is 5.91 Å². The zero-order valence-corrected chi connectivity index (χ0v) is 12.8. The number of aliphatic carboxylic acids is 1. The number of amides is 2. The van der Waals surface area contributed by atoms with Gasteiger partial charge in [-0.25, -0.2) is 4.79 Å². The Morgan fingerprint density at radius 3 is 2.05 bits per heavy atom. The van der Waals surface area contributed by atoms with Crippen LogP contribution in [0.3, 0.4) is 0 Å². The number of carboxylic acids is 1. The highest BCUT2D eigenvalue weighted by atomic mass is 16.4. The second-order valence-corrected chi connectivity index (χ2v) is 5.39. The van der Waals surface area contributed by atoms with E-state index in [2.05, 4.69) is 10.6 Å². The van der Waals surface area contributed by atoms with Gasteiger partial charge in [-0.2, -0.15) is 0 Å². The van der Waals surface area contributed by atoms with Gasteiger partial charge in [0.2, 0.25) is 5.91 Å². The molecule has 0 radical (unpaired) electrons. The van der Waals surface area contributed by atoms with Crippen molar-refractivity contribution in [3.63, 3.8) is 0 Å². The van der Waals surface area contributed by atoms with Crippen LogP contribution in [0.5, 0.6) is 0 Å². The van der Waals surface area contributed by atoms with Gasteiger partial charge in [0.15, 0.2) is 0 Å². The van der Waals surface area contributed by atoms with Crippen LogP contribution in [0.25, 0.3) is 0 Å². The molecule has 1 aromatic carbocycles. The highest BCUT2D eigenvalue weighted by molar-refractivity contribution is 5.98. The molecule has 0 aromatic heterocycles. The molecule has 2 amide bonds. The summed E-state index contributed by atoms with van der Waals surface area (Å²) in [6.45, 7) is 4.87. The maximum absolute atomic E-state index is 12.0. The third kappa shape index (κ3) is 4.76. The van der Waals surface area contributed by atoms with Crippen LogP contribution in [0, 0.1) is 5.92 Å². The van der Waals surface area contributed by atoms with Gasteiger partial charge < -0.3 is 21.5 Å². The fourth-order valence-electron chi connectivity index (χ4n) is 1.77. The minimum atomic E-state index is -1.11. The molecule has 0 aliphatic heterocycles. The number of carbonyl (C=O) groups excluding carboxylic acids is 2. The molecule has 0 spiro atoms. The SMILES string of the molecule is CC(C)[C@H](NC(=O)[C@H](C)NC(=O)c1ccc(N)cc1)C(=O)O. The van der Waals surface area contributed by atoms with Crippen molar-refractivity contribution >= 4 is 23.5 Å². The minimum absolute atomic E-state index is 0.263. The summed E-state index contributed by atoms with van der Waals surface area (Å²) in [5.41, 5.74) is 6.44. The number of hydrogen-bond acceptors (Lipinski definition) is 4. The smallest absolute Gasteiger partial charge is 0.326 e. The zero-order valence-electron chi connectivity index (χ0n) is 12.8. The van der Waals surface area contributed by atoms with Gasteiger partial charge in [0, 0.05) is 11.3 Å². The molecule has 1 rings (SSSR count). The molecule has 7 nitrogen and oxygen atoms in total. The minimum Gasteiger partial charge on any atom is -0.480 e. The second kappa shape index (κ2) is 7.44. The van der Waals surface area contributed by atoms with Crippen molar-refractivity contribution in [2.24, 2.45) is 5.92 Å². The largest absolute Gasteiger partial charge is 0.480 e. The van der Waals surface area contributed by atoms with Gasteiger partial charge in [-0.3, -0.25) is 9.59 Å². The van der Waals surface area contributed by atoms with E-state index in [1.165, 1.54) is 6.92 Å². The van der Waals surface area contributed by atoms with E-state index in [1.54, 1.807) is 38.1 Å². The lowest BCUT2D eigenvalue weighted by molar-refractivity contribution is -0.143. The zero-order chi connectivity index (χ0) is 16.9. The van der Waals surface area contributed by atoms with Gasteiger partial charge in [-0.1, -0.05) is 13.8 Å². The summed E-state index contributed by atoms with van der Waals surface area (Å²) in [6, 6.07) is 4.40. The second-order valence-electron chi connectivity index (χ2n) is 5.39. The molecule has 0 unspecified atom stereocenters. The Bertz CT molecular complexity index is 554. The first-order chi connectivity index (χ1) is 10.2. The third-order valence-electron chi connectivity index (χ3n) is 3.14. The number of carboxylic acid groups (broad SMARTS) is 1. The van der Waals surface area contributed by atoms with E-state index in [-0.39, 0.29) is 5.92 Å². The molecule has 0 heterocycles. The van der Waals surface area contributed by atoms with Crippen LogP contribution in [0.1, 0.15) is 31.1 Å². The molecule has 120 valence electrons. The predicted octanol–water partition coefficient (Wildman–Crippen LogP) is 0.612. The summed E-state index contributed by atoms with van der Waals surface area (Å²) in [6.07, 6.45) is 0. The quantitative estimate of drug-likeness (QED) is 0.574. The Kier molecular flexibility index (Phi) is 5.91. The monoisotopic (exact) mass is 307 g/mol. The van der Waals surface area contributed by atoms with Gasteiger partial charge in [0.1, 0.15) is 12.1 Å². The molecule has 0 aliphatic rings. The van der Waals surface area contributed by atoms with Crippen LogP contribution in [0.4, 0.5) is 5.69 Å². The Morgan fingerprint density at radius 1 is 1.05 bits per heavy atom. The molecule has 0 saturated carbocycles. The van der Waals surface area contributed by atoms with Crippen LogP contribution in [0.15, 0.2) is 24.3 Å². The van der Waals surface area contributed by atoms with E-state index in [1.807, 2.05) is 0 Å². The van der Waals surface area contributed by atoms with Crippen molar-refractivity contribution in [1.29, 1.82) is 0 Å². The normalized spacial score (nSPS) is 13.3. The van der Waals surface area contributed by atoms with Crippen molar-refractivity contribution in [3.8, 4) is 0 Å². The first-order valence-corrected chi connectivity index (χ1v) is 6.92. The average molecular weight is 307 g/mol. The number of nitrogens with two attached hydrogens (primary N) is 1.